The molecule has 0 aliphatic rings. The highest BCUT2D eigenvalue weighted by atomic mass is 32.1. The SMILES string of the molecule is Cc1ccc(C(NC(=O)CCc2nnc(-c3ccsc3)o2)c2ccccc2)cc1. The maximum absolute atomic E-state index is 12.7. The molecule has 4 rings (SSSR count). The molecule has 29 heavy (non-hydrogen) atoms. The fourth-order valence-electron chi connectivity index (χ4n) is 3.07. The fraction of sp³-hybridized carbons (Fsp3) is 0.174. The van der Waals surface area contributed by atoms with Crippen LogP contribution in [0, 0.1) is 6.92 Å². The fourth-order valence-corrected chi connectivity index (χ4v) is 3.70. The summed E-state index contributed by atoms with van der Waals surface area (Å²) in [5.74, 6) is 0.895. The molecule has 0 aliphatic carbocycles. The minimum absolute atomic E-state index is 0.0605. The van der Waals surface area contributed by atoms with Gasteiger partial charge in [-0.05, 0) is 29.5 Å². The zero-order valence-electron chi connectivity index (χ0n) is 16.0. The predicted molar refractivity (Wildman–Crippen MR) is 114 cm³/mol. The zero-order chi connectivity index (χ0) is 20.1. The third-order valence-corrected chi connectivity index (χ3v) is 5.33. The van der Waals surface area contributed by atoms with Crippen LogP contribution in [0.4, 0.5) is 0 Å². The van der Waals surface area contributed by atoms with Gasteiger partial charge in [0, 0.05) is 23.8 Å². The second kappa shape index (κ2) is 8.84. The van der Waals surface area contributed by atoms with Crippen LogP contribution in [0.15, 0.2) is 75.8 Å². The first-order valence-corrected chi connectivity index (χ1v) is 10.4. The zero-order valence-corrected chi connectivity index (χ0v) is 16.9. The molecule has 5 nitrogen and oxygen atoms in total. The number of aryl methyl sites for hydroxylation is 2. The van der Waals surface area contributed by atoms with E-state index in [2.05, 4.69) is 46.7 Å². The average Bonchev–Trinajstić information content (AvgIpc) is 3.44. The van der Waals surface area contributed by atoms with Crippen molar-refractivity contribution < 1.29 is 9.21 Å². The van der Waals surface area contributed by atoms with Gasteiger partial charge in [0.05, 0.1) is 6.04 Å². The van der Waals surface area contributed by atoms with Gasteiger partial charge in [0.2, 0.25) is 17.7 Å². The molecule has 0 bridgehead atoms. The lowest BCUT2D eigenvalue weighted by Gasteiger charge is -2.20. The summed E-state index contributed by atoms with van der Waals surface area (Å²) in [6, 6.07) is 19.9. The van der Waals surface area contributed by atoms with E-state index in [0.717, 1.165) is 16.7 Å². The molecule has 4 aromatic rings. The monoisotopic (exact) mass is 403 g/mol. The number of rotatable bonds is 7. The third kappa shape index (κ3) is 4.78. The van der Waals surface area contributed by atoms with Crippen molar-refractivity contribution in [3.8, 4) is 11.5 Å². The van der Waals surface area contributed by atoms with Crippen LogP contribution >= 0.6 is 11.3 Å². The van der Waals surface area contributed by atoms with Crippen LogP contribution in [0.5, 0.6) is 0 Å². The molecule has 0 fully saturated rings. The Morgan fingerprint density at radius 2 is 1.79 bits per heavy atom. The molecule has 2 heterocycles. The number of thiophene rings is 1. The van der Waals surface area contributed by atoms with E-state index in [-0.39, 0.29) is 18.4 Å². The second-order valence-corrected chi connectivity index (χ2v) is 7.61. The number of carbonyl (C=O) groups excluding carboxylic acids is 1. The maximum Gasteiger partial charge on any atom is 0.248 e. The lowest BCUT2D eigenvalue weighted by molar-refractivity contribution is -0.121. The Bertz CT molecular complexity index is 1060. The van der Waals surface area contributed by atoms with Crippen LogP contribution < -0.4 is 5.32 Å². The van der Waals surface area contributed by atoms with Crippen LogP contribution in [0.2, 0.25) is 0 Å². The van der Waals surface area contributed by atoms with Crippen molar-refractivity contribution in [1.29, 1.82) is 0 Å². The van der Waals surface area contributed by atoms with Crippen LogP contribution in [-0.4, -0.2) is 16.1 Å². The van der Waals surface area contributed by atoms with Gasteiger partial charge in [-0.25, -0.2) is 0 Å². The molecular formula is C23H21N3O2S. The van der Waals surface area contributed by atoms with Gasteiger partial charge in [-0.15, -0.1) is 10.2 Å². The number of nitrogens with zero attached hydrogens (tertiary/aromatic N) is 2. The molecule has 2 aromatic heterocycles. The van der Waals surface area contributed by atoms with Crippen LogP contribution in [-0.2, 0) is 11.2 Å². The van der Waals surface area contributed by atoms with E-state index >= 15 is 0 Å². The van der Waals surface area contributed by atoms with Crippen molar-refractivity contribution in [3.05, 3.63) is 94.0 Å². The van der Waals surface area contributed by atoms with Crippen molar-refractivity contribution in [3.63, 3.8) is 0 Å². The van der Waals surface area contributed by atoms with E-state index in [0.29, 0.717) is 18.2 Å². The molecule has 6 heteroatoms. The van der Waals surface area contributed by atoms with Gasteiger partial charge >= 0.3 is 0 Å². The molecule has 0 aliphatic heterocycles. The molecule has 2 aromatic carbocycles. The van der Waals surface area contributed by atoms with Crippen LogP contribution in [0.1, 0.15) is 35.0 Å². The number of carbonyl (C=O) groups is 1. The second-order valence-electron chi connectivity index (χ2n) is 6.83. The highest BCUT2D eigenvalue weighted by Crippen LogP contribution is 2.23. The Hall–Kier alpha value is -3.25. The van der Waals surface area contributed by atoms with Gasteiger partial charge in [0.1, 0.15) is 0 Å². The summed E-state index contributed by atoms with van der Waals surface area (Å²) in [4.78, 5) is 12.7. The molecule has 1 amide bonds. The summed E-state index contributed by atoms with van der Waals surface area (Å²) in [6.45, 7) is 2.05. The molecule has 1 N–H and O–H groups in total. The van der Waals surface area contributed by atoms with E-state index < -0.39 is 0 Å². The number of nitrogens with one attached hydrogen (secondary N) is 1. The van der Waals surface area contributed by atoms with Gasteiger partial charge in [0.25, 0.3) is 0 Å². The van der Waals surface area contributed by atoms with Crippen molar-refractivity contribution in [2.45, 2.75) is 25.8 Å². The van der Waals surface area contributed by atoms with Gasteiger partial charge < -0.3 is 9.73 Å². The highest BCUT2D eigenvalue weighted by Gasteiger charge is 2.18. The topological polar surface area (TPSA) is 68.0 Å². The number of hydrogen-bond donors (Lipinski definition) is 1. The molecule has 1 unspecified atom stereocenters. The number of aromatic nitrogens is 2. The van der Waals surface area contributed by atoms with Gasteiger partial charge in [-0.1, -0.05) is 60.2 Å². The van der Waals surface area contributed by atoms with Crippen molar-refractivity contribution in [2.75, 3.05) is 0 Å². The minimum Gasteiger partial charge on any atom is -0.421 e. The quantitative estimate of drug-likeness (QED) is 0.474. The van der Waals surface area contributed by atoms with Gasteiger partial charge in [0.15, 0.2) is 0 Å². The first kappa shape index (κ1) is 19.1. The largest absolute Gasteiger partial charge is 0.421 e. The van der Waals surface area contributed by atoms with Crippen molar-refractivity contribution >= 4 is 17.2 Å². The number of benzene rings is 2. The summed E-state index contributed by atoms with van der Waals surface area (Å²) >= 11 is 1.57. The summed E-state index contributed by atoms with van der Waals surface area (Å²) in [7, 11) is 0. The van der Waals surface area contributed by atoms with Crippen LogP contribution in [0.3, 0.4) is 0 Å². The normalized spacial score (nSPS) is 11.9. The number of hydrogen-bond acceptors (Lipinski definition) is 5. The van der Waals surface area contributed by atoms with Crippen molar-refractivity contribution in [1.82, 2.24) is 15.5 Å². The highest BCUT2D eigenvalue weighted by molar-refractivity contribution is 7.08. The first-order chi connectivity index (χ1) is 14.2. The van der Waals surface area contributed by atoms with Crippen LogP contribution in [0.25, 0.3) is 11.5 Å². The van der Waals surface area contributed by atoms with E-state index in [4.69, 9.17) is 4.42 Å². The molecule has 0 radical (unpaired) electrons. The smallest absolute Gasteiger partial charge is 0.248 e. The number of amides is 1. The summed E-state index contributed by atoms with van der Waals surface area (Å²) in [6.07, 6.45) is 0.679. The Labute approximate surface area is 173 Å². The lowest BCUT2D eigenvalue weighted by Crippen LogP contribution is -2.29. The molecule has 0 saturated carbocycles. The molecular weight excluding hydrogens is 382 g/mol. The van der Waals surface area contributed by atoms with Gasteiger partial charge in [-0.2, -0.15) is 11.3 Å². The Morgan fingerprint density at radius 1 is 1.03 bits per heavy atom. The van der Waals surface area contributed by atoms with E-state index in [1.165, 1.54) is 5.56 Å². The molecule has 0 saturated heterocycles. The summed E-state index contributed by atoms with van der Waals surface area (Å²) in [5, 5.41) is 15.2. The Balaban J connectivity index is 1.43. The Kier molecular flexibility index (Phi) is 5.81. The van der Waals surface area contributed by atoms with Crippen molar-refractivity contribution in [2.24, 2.45) is 0 Å². The predicted octanol–water partition coefficient (Wildman–Crippen LogP) is 4.94. The van der Waals surface area contributed by atoms with Gasteiger partial charge in [-0.3, -0.25) is 4.79 Å². The van der Waals surface area contributed by atoms with E-state index in [1.54, 1.807) is 11.3 Å². The molecule has 1 atom stereocenters. The summed E-state index contributed by atoms with van der Waals surface area (Å²) in [5.41, 5.74) is 4.18. The minimum atomic E-state index is -0.201. The average molecular weight is 404 g/mol. The third-order valence-electron chi connectivity index (χ3n) is 4.65. The Morgan fingerprint density at radius 3 is 2.52 bits per heavy atom. The lowest BCUT2D eigenvalue weighted by atomic mass is 9.97. The molecule has 0 spiro atoms. The standard InChI is InChI=1S/C23H21N3O2S/c1-16-7-9-18(10-8-16)22(17-5-3-2-4-6-17)24-20(27)11-12-21-25-26-23(28-21)19-13-14-29-15-19/h2-10,13-15,22H,11-12H2,1H3,(H,24,27). The maximum atomic E-state index is 12.7. The summed E-state index contributed by atoms with van der Waals surface area (Å²) < 4.78 is 5.67. The van der Waals surface area contributed by atoms with E-state index in [1.807, 2.05) is 47.2 Å². The van der Waals surface area contributed by atoms with E-state index in [9.17, 15) is 4.79 Å². The molecule has 146 valence electrons. The first-order valence-electron chi connectivity index (χ1n) is 9.45.